The molecule has 2 aromatic carbocycles. The molecule has 11 heteroatoms. The number of benzene rings is 2. The van der Waals surface area contributed by atoms with Crippen LogP contribution < -0.4 is 15.8 Å². The molecule has 0 saturated carbocycles. The van der Waals surface area contributed by atoms with Gasteiger partial charge in [-0.15, -0.1) is 0 Å². The normalized spacial score (nSPS) is 11.4. The maximum Gasteiger partial charge on any atom is 0.271 e. The Morgan fingerprint density at radius 2 is 1.68 bits per heavy atom. The average molecular weight is 597 g/mol. The van der Waals surface area contributed by atoms with E-state index in [1.54, 1.807) is 17.7 Å². The first kappa shape index (κ1) is 32.0. The number of hydrogen-bond acceptors (Lipinski definition) is 8. The van der Waals surface area contributed by atoms with Crippen molar-refractivity contribution in [2.75, 3.05) is 46.2 Å². The Morgan fingerprint density at radius 1 is 1.05 bits per heavy atom. The smallest absolute Gasteiger partial charge is 0.271 e. The van der Waals surface area contributed by atoms with E-state index in [0.717, 1.165) is 29.0 Å². The summed E-state index contributed by atoms with van der Waals surface area (Å²) in [5, 5.41) is 13.1. The van der Waals surface area contributed by atoms with Crippen LogP contribution in [0.3, 0.4) is 0 Å². The topological polar surface area (TPSA) is 142 Å². The molecule has 0 saturated heterocycles. The molecule has 0 aliphatic heterocycles. The zero-order valence-corrected chi connectivity index (χ0v) is 26.2. The van der Waals surface area contributed by atoms with Crippen molar-refractivity contribution in [2.45, 2.75) is 33.9 Å². The van der Waals surface area contributed by atoms with Crippen molar-refractivity contribution in [3.63, 3.8) is 0 Å². The number of nitrogens with one attached hydrogen (secondary N) is 1. The minimum atomic E-state index is -0.621. The fraction of sp³-hybridized carbons (Fsp3) is 0.364. The molecule has 0 unspecified atom stereocenters. The Kier molecular flexibility index (Phi) is 9.86. The van der Waals surface area contributed by atoms with Gasteiger partial charge in [-0.3, -0.25) is 9.59 Å². The van der Waals surface area contributed by atoms with E-state index in [1.165, 1.54) is 4.90 Å². The number of rotatable bonds is 12. The van der Waals surface area contributed by atoms with Gasteiger partial charge in [-0.2, -0.15) is 5.26 Å². The molecule has 2 amide bonds. The van der Waals surface area contributed by atoms with Crippen LogP contribution in [-0.2, 0) is 17.9 Å². The molecule has 2 heterocycles. The van der Waals surface area contributed by atoms with Gasteiger partial charge in [-0.05, 0) is 54.4 Å². The summed E-state index contributed by atoms with van der Waals surface area (Å²) in [5.41, 5.74) is 9.07. The monoisotopic (exact) mass is 596 g/mol. The highest BCUT2D eigenvalue weighted by atomic mass is 16.5. The Morgan fingerprint density at radius 3 is 2.23 bits per heavy atom. The molecule has 0 atom stereocenters. The van der Waals surface area contributed by atoms with Gasteiger partial charge >= 0.3 is 0 Å². The van der Waals surface area contributed by atoms with Crippen LogP contribution in [0.5, 0.6) is 5.75 Å². The number of hydrogen-bond donors (Lipinski definition) is 2. The molecular formula is C33H40N8O3. The summed E-state index contributed by atoms with van der Waals surface area (Å²) in [6, 6.07) is 19.5. The van der Waals surface area contributed by atoms with Crippen molar-refractivity contribution < 1.29 is 14.3 Å². The van der Waals surface area contributed by atoms with Gasteiger partial charge in [0.25, 0.3) is 5.91 Å². The molecule has 11 nitrogen and oxygen atoms in total. The Hall–Kier alpha value is -4.95. The van der Waals surface area contributed by atoms with Crippen LogP contribution in [0.1, 0.15) is 42.6 Å². The molecule has 4 rings (SSSR count). The second kappa shape index (κ2) is 13.6. The lowest BCUT2D eigenvalue weighted by molar-refractivity contribution is -0.118. The van der Waals surface area contributed by atoms with Crippen LogP contribution in [-0.4, -0.2) is 77.0 Å². The highest BCUT2D eigenvalue weighted by molar-refractivity contribution is 6.01. The van der Waals surface area contributed by atoms with Crippen LogP contribution in [0.2, 0.25) is 0 Å². The van der Waals surface area contributed by atoms with E-state index in [-0.39, 0.29) is 30.2 Å². The quantitative estimate of drug-likeness (QED) is 0.249. The van der Waals surface area contributed by atoms with Crippen LogP contribution >= 0.6 is 0 Å². The summed E-state index contributed by atoms with van der Waals surface area (Å²) in [4.78, 5) is 38.4. The third kappa shape index (κ3) is 7.90. The molecule has 44 heavy (non-hydrogen) atoms. The van der Waals surface area contributed by atoms with Gasteiger partial charge in [0, 0.05) is 26.7 Å². The van der Waals surface area contributed by atoms with Gasteiger partial charge in [0.1, 0.15) is 42.1 Å². The molecule has 0 bridgehead atoms. The molecule has 230 valence electrons. The Balaban J connectivity index is 1.62. The largest absolute Gasteiger partial charge is 0.492 e. The van der Waals surface area contributed by atoms with Crippen LogP contribution in [0.4, 0.5) is 5.82 Å². The van der Waals surface area contributed by atoms with E-state index >= 15 is 0 Å². The molecular weight excluding hydrogens is 556 g/mol. The van der Waals surface area contributed by atoms with Crippen molar-refractivity contribution >= 4 is 28.7 Å². The first-order valence-corrected chi connectivity index (χ1v) is 14.4. The minimum absolute atomic E-state index is 0.00492. The second-order valence-electron chi connectivity index (χ2n) is 12.2. The standard InChI is InChI=1S/C33H40N8O3/c1-33(2,3)21-41-27(17-26-30(36-4)37-29(18-34)38-31(26)41)32(43)40(20-28(35)42)19-22-7-9-23(10-8-22)24-11-13-25(14-12-24)44-16-15-39(5)6/h7-14,17H,15-16,19-21H2,1-6H3,(H2,35,42)(H,36,37,38). The number of nitrogens with two attached hydrogens (primary N) is 1. The maximum absolute atomic E-state index is 14.1. The van der Waals surface area contributed by atoms with Crippen molar-refractivity contribution in [1.29, 1.82) is 5.26 Å². The minimum Gasteiger partial charge on any atom is -0.492 e. The van der Waals surface area contributed by atoms with E-state index < -0.39 is 5.91 Å². The Bertz CT molecular complexity index is 1660. The summed E-state index contributed by atoms with van der Waals surface area (Å²) in [6.07, 6.45) is 0. The fourth-order valence-corrected chi connectivity index (χ4v) is 4.84. The van der Waals surface area contributed by atoms with Gasteiger partial charge in [0.05, 0.1) is 5.39 Å². The molecule has 0 spiro atoms. The Labute approximate surface area is 258 Å². The number of fused-ring (bicyclic) bond motifs is 1. The summed E-state index contributed by atoms with van der Waals surface area (Å²) in [6.45, 7) is 7.95. The van der Waals surface area contributed by atoms with Crippen LogP contribution in [0.15, 0.2) is 54.6 Å². The van der Waals surface area contributed by atoms with Gasteiger partial charge < -0.3 is 30.2 Å². The van der Waals surface area contributed by atoms with Gasteiger partial charge in [0.2, 0.25) is 11.7 Å². The first-order valence-electron chi connectivity index (χ1n) is 14.4. The predicted molar refractivity (Wildman–Crippen MR) is 171 cm³/mol. The number of aromatic nitrogens is 3. The van der Waals surface area contributed by atoms with E-state index in [9.17, 15) is 14.9 Å². The van der Waals surface area contributed by atoms with Crippen molar-refractivity contribution in [2.24, 2.45) is 11.1 Å². The van der Waals surface area contributed by atoms with Gasteiger partial charge in [-0.1, -0.05) is 57.2 Å². The van der Waals surface area contributed by atoms with E-state index in [4.69, 9.17) is 10.5 Å². The first-order chi connectivity index (χ1) is 20.9. The number of primary amides is 1. The lowest BCUT2D eigenvalue weighted by atomic mass is 9.97. The van der Waals surface area contributed by atoms with Crippen molar-refractivity contribution in [3.05, 3.63) is 71.7 Å². The molecule has 0 aliphatic rings. The third-order valence-corrected chi connectivity index (χ3v) is 6.90. The molecule has 0 radical (unpaired) electrons. The fourth-order valence-electron chi connectivity index (χ4n) is 4.84. The SMILES string of the molecule is CNc1nc(C#N)nc2c1cc(C(=O)N(CC(N)=O)Cc1ccc(-c3ccc(OCCN(C)C)cc3)cc1)n2CC(C)(C)C. The van der Waals surface area contributed by atoms with Crippen LogP contribution in [0.25, 0.3) is 22.2 Å². The number of carbonyl (C=O) groups excluding carboxylic acids is 2. The maximum atomic E-state index is 14.1. The summed E-state index contributed by atoms with van der Waals surface area (Å²) >= 11 is 0. The number of likely N-dealkylation sites (N-methyl/N-ethyl adjacent to an activating group) is 1. The number of anilines is 1. The summed E-state index contributed by atoms with van der Waals surface area (Å²) in [5.74, 6) is 0.255. The van der Waals surface area contributed by atoms with E-state index in [1.807, 2.05) is 89.5 Å². The molecule has 0 aliphatic carbocycles. The van der Waals surface area contributed by atoms with Gasteiger partial charge in [0.15, 0.2) is 0 Å². The van der Waals surface area contributed by atoms with Crippen molar-refractivity contribution in [1.82, 2.24) is 24.3 Å². The second-order valence-corrected chi connectivity index (χ2v) is 12.2. The van der Waals surface area contributed by atoms with Gasteiger partial charge in [-0.25, -0.2) is 9.97 Å². The van der Waals surface area contributed by atoms with Crippen molar-refractivity contribution in [3.8, 4) is 22.9 Å². The molecule has 3 N–H and O–H groups in total. The number of carbonyl (C=O) groups is 2. The zero-order valence-electron chi connectivity index (χ0n) is 26.2. The summed E-state index contributed by atoms with van der Waals surface area (Å²) in [7, 11) is 5.71. The predicted octanol–water partition coefficient (Wildman–Crippen LogP) is 4.13. The highest BCUT2D eigenvalue weighted by Crippen LogP contribution is 2.30. The third-order valence-electron chi connectivity index (χ3n) is 6.90. The molecule has 0 fully saturated rings. The average Bonchev–Trinajstić information content (AvgIpc) is 3.33. The van der Waals surface area contributed by atoms with Crippen LogP contribution in [0, 0.1) is 16.7 Å². The number of amides is 2. The number of ether oxygens (including phenoxy) is 1. The molecule has 2 aromatic heterocycles. The number of nitrogens with zero attached hydrogens (tertiary/aromatic N) is 6. The zero-order chi connectivity index (χ0) is 32.0. The van der Waals surface area contributed by atoms with E-state index in [0.29, 0.717) is 35.7 Å². The number of nitriles is 1. The lowest BCUT2D eigenvalue weighted by Gasteiger charge is -2.25. The molecule has 4 aromatic rings. The van der Waals surface area contributed by atoms with E-state index in [2.05, 4.69) is 20.2 Å². The summed E-state index contributed by atoms with van der Waals surface area (Å²) < 4.78 is 7.59. The highest BCUT2D eigenvalue weighted by Gasteiger charge is 2.27. The lowest BCUT2D eigenvalue weighted by Crippen LogP contribution is -2.39.